The van der Waals surface area contributed by atoms with Gasteiger partial charge in [-0.2, -0.15) is 0 Å². The largest absolute Gasteiger partial charge is 0.494 e. The first-order valence-corrected chi connectivity index (χ1v) is 10.5. The number of aromatic nitrogens is 4. The number of hydrogen-bond donors (Lipinski definition) is 2. The Morgan fingerprint density at radius 1 is 0.968 bits per heavy atom. The van der Waals surface area contributed by atoms with Crippen molar-refractivity contribution < 1.29 is 4.74 Å². The summed E-state index contributed by atoms with van der Waals surface area (Å²) in [5, 5.41) is 7.94. The maximum Gasteiger partial charge on any atom is 0.260 e. The quantitative estimate of drug-likeness (QED) is 0.403. The molecule has 0 fully saturated rings. The lowest BCUT2D eigenvalue weighted by atomic mass is 9.95. The van der Waals surface area contributed by atoms with Crippen LogP contribution in [-0.2, 0) is 0 Å². The van der Waals surface area contributed by atoms with Crippen LogP contribution in [0.1, 0.15) is 30.9 Å². The average molecular weight is 415 g/mol. The highest BCUT2D eigenvalue weighted by Crippen LogP contribution is 2.32. The van der Waals surface area contributed by atoms with Crippen molar-refractivity contribution in [1.29, 1.82) is 0 Å². The van der Waals surface area contributed by atoms with E-state index in [1.807, 2.05) is 36.4 Å². The second kappa shape index (κ2) is 9.00. The topological polar surface area (TPSA) is 83.7 Å². The standard InChI is InChI=1S/C25H26N4O2/c1-4-5-12-31-20-10-8-18(9-11-20)22-14-21(19-7-6-16(2)17(3)13-19)23(25(30)28-22)24-26-15-27-29-24/h6-11,13-15H,4-5,12H2,1-3H3,(H,28,30)(H,26,27,29). The van der Waals surface area contributed by atoms with Crippen molar-refractivity contribution in [2.45, 2.75) is 33.6 Å². The first-order valence-electron chi connectivity index (χ1n) is 10.5. The summed E-state index contributed by atoms with van der Waals surface area (Å²) in [6.07, 6.45) is 3.60. The first kappa shape index (κ1) is 20.6. The highest BCUT2D eigenvalue weighted by molar-refractivity contribution is 5.83. The fourth-order valence-corrected chi connectivity index (χ4v) is 3.48. The summed E-state index contributed by atoms with van der Waals surface area (Å²) in [5.41, 5.74) is 6.04. The van der Waals surface area contributed by atoms with Gasteiger partial charge in [0.1, 0.15) is 12.1 Å². The van der Waals surface area contributed by atoms with Gasteiger partial charge in [0, 0.05) is 11.3 Å². The molecule has 0 aliphatic heterocycles. The van der Waals surface area contributed by atoms with Crippen LogP contribution < -0.4 is 10.3 Å². The molecule has 0 spiro atoms. The van der Waals surface area contributed by atoms with Crippen LogP contribution in [-0.4, -0.2) is 26.8 Å². The van der Waals surface area contributed by atoms with E-state index in [1.165, 1.54) is 11.9 Å². The molecule has 0 radical (unpaired) electrons. The van der Waals surface area contributed by atoms with Crippen LogP contribution in [0.15, 0.2) is 59.7 Å². The molecule has 31 heavy (non-hydrogen) atoms. The van der Waals surface area contributed by atoms with Crippen LogP contribution in [0.2, 0.25) is 0 Å². The number of hydrogen-bond acceptors (Lipinski definition) is 4. The molecule has 2 aromatic heterocycles. The van der Waals surface area contributed by atoms with Crippen molar-refractivity contribution in [2.24, 2.45) is 0 Å². The summed E-state index contributed by atoms with van der Waals surface area (Å²) in [6.45, 7) is 6.98. The van der Waals surface area contributed by atoms with Gasteiger partial charge in [-0.15, -0.1) is 10.2 Å². The molecule has 2 N–H and O–H groups in total. The minimum Gasteiger partial charge on any atom is -0.494 e. The van der Waals surface area contributed by atoms with E-state index in [1.54, 1.807) is 0 Å². The second-order valence-corrected chi connectivity index (χ2v) is 7.66. The smallest absolute Gasteiger partial charge is 0.260 e. The Labute approximate surface area is 181 Å². The van der Waals surface area contributed by atoms with Crippen LogP contribution >= 0.6 is 0 Å². The number of aromatic amines is 2. The van der Waals surface area contributed by atoms with Crippen LogP contribution in [0.5, 0.6) is 5.75 Å². The number of nitrogens with zero attached hydrogens (tertiary/aromatic N) is 2. The number of nitrogens with one attached hydrogen (secondary N) is 2. The van der Waals surface area contributed by atoms with Gasteiger partial charge >= 0.3 is 0 Å². The fourth-order valence-electron chi connectivity index (χ4n) is 3.48. The zero-order valence-electron chi connectivity index (χ0n) is 18.0. The van der Waals surface area contributed by atoms with Crippen LogP contribution in [0.4, 0.5) is 0 Å². The summed E-state index contributed by atoms with van der Waals surface area (Å²) in [4.78, 5) is 19.1. The molecule has 6 heteroatoms. The lowest BCUT2D eigenvalue weighted by molar-refractivity contribution is 0.309. The summed E-state index contributed by atoms with van der Waals surface area (Å²) in [6, 6.07) is 16.0. The third-order valence-corrected chi connectivity index (χ3v) is 5.44. The van der Waals surface area contributed by atoms with Gasteiger partial charge in [0.05, 0.1) is 12.2 Å². The normalized spacial score (nSPS) is 10.9. The molecule has 0 amide bonds. The molecule has 0 saturated carbocycles. The number of rotatable bonds is 7. The SMILES string of the molecule is CCCCOc1ccc(-c2cc(-c3ccc(C)c(C)c3)c(-c3nnc[nH]3)c(=O)[nH]2)cc1. The van der Waals surface area contributed by atoms with Gasteiger partial charge in [-0.25, -0.2) is 0 Å². The first-order chi connectivity index (χ1) is 15.1. The van der Waals surface area contributed by atoms with Crippen molar-refractivity contribution in [2.75, 3.05) is 6.61 Å². The van der Waals surface area contributed by atoms with Gasteiger partial charge in [-0.05, 0) is 72.9 Å². The number of H-pyrrole nitrogens is 2. The molecule has 0 atom stereocenters. The molecular formula is C25H26N4O2. The highest BCUT2D eigenvalue weighted by atomic mass is 16.5. The second-order valence-electron chi connectivity index (χ2n) is 7.66. The molecule has 2 aromatic carbocycles. The number of unbranched alkanes of at least 4 members (excludes halogenated alkanes) is 1. The Kier molecular flexibility index (Phi) is 5.98. The average Bonchev–Trinajstić information content (AvgIpc) is 3.30. The van der Waals surface area contributed by atoms with Crippen molar-refractivity contribution in [1.82, 2.24) is 20.2 Å². The molecule has 0 bridgehead atoms. The lowest BCUT2D eigenvalue weighted by Crippen LogP contribution is -2.12. The monoisotopic (exact) mass is 414 g/mol. The van der Waals surface area contributed by atoms with Gasteiger partial charge < -0.3 is 14.7 Å². The zero-order chi connectivity index (χ0) is 21.8. The zero-order valence-corrected chi connectivity index (χ0v) is 18.0. The molecule has 4 aromatic rings. The predicted octanol–water partition coefficient (Wildman–Crippen LogP) is 5.29. The number of benzene rings is 2. The van der Waals surface area contributed by atoms with Crippen molar-refractivity contribution in [3.8, 4) is 39.5 Å². The predicted molar refractivity (Wildman–Crippen MR) is 123 cm³/mol. The van der Waals surface area contributed by atoms with Crippen LogP contribution in [0.3, 0.4) is 0 Å². The van der Waals surface area contributed by atoms with Gasteiger partial charge in [-0.3, -0.25) is 4.79 Å². The molecule has 0 unspecified atom stereocenters. The maximum atomic E-state index is 13.1. The maximum absolute atomic E-state index is 13.1. The molecule has 0 aliphatic rings. The van der Waals surface area contributed by atoms with E-state index in [4.69, 9.17) is 4.74 Å². The molecule has 158 valence electrons. The van der Waals surface area contributed by atoms with Gasteiger partial charge in [0.25, 0.3) is 5.56 Å². The summed E-state index contributed by atoms with van der Waals surface area (Å²) in [5.74, 6) is 1.27. The Morgan fingerprint density at radius 2 is 1.74 bits per heavy atom. The minimum atomic E-state index is -0.217. The highest BCUT2D eigenvalue weighted by Gasteiger charge is 2.17. The third-order valence-electron chi connectivity index (χ3n) is 5.44. The molecule has 6 nitrogen and oxygen atoms in total. The fraction of sp³-hybridized carbons (Fsp3) is 0.240. The lowest BCUT2D eigenvalue weighted by Gasteiger charge is -2.12. The summed E-state index contributed by atoms with van der Waals surface area (Å²) >= 11 is 0. The van der Waals surface area contributed by atoms with Crippen molar-refractivity contribution >= 4 is 0 Å². The van der Waals surface area contributed by atoms with E-state index in [2.05, 4.69) is 53.1 Å². The number of aryl methyl sites for hydroxylation is 2. The van der Waals surface area contributed by atoms with Crippen molar-refractivity contribution in [3.05, 3.63) is 76.3 Å². The Hall–Kier alpha value is -3.67. The molecule has 0 aliphatic carbocycles. The number of pyridine rings is 1. The van der Waals surface area contributed by atoms with E-state index < -0.39 is 0 Å². The molecule has 2 heterocycles. The summed E-state index contributed by atoms with van der Waals surface area (Å²) < 4.78 is 5.76. The Morgan fingerprint density at radius 3 is 2.42 bits per heavy atom. The van der Waals surface area contributed by atoms with Gasteiger partial charge in [0.2, 0.25) is 0 Å². The van der Waals surface area contributed by atoms with Gasteiger partial charge in [0.15, 0.2) is 5.82 Å². The Balaban J connectivity index is 1.79. The van der Waals surface area contributed by atoms with Gasteiger partial charge in [-0.1, -0.05) is 31.5 Å². The van der Waals surface area contributed by atoms with E-state index in [0.29, 0.717) is 18.0 Å². The van der Waals surface area contributed by atoms with Crippen molar-refractivity contribution in [3.63, 3.8) is 0 Å². The van der Waals surface area contributed by atoms with Crippen LogP contribution in [0, 0.1) is 13.8 Å². The van der Waals surface area contributed by atoms with E-state index in [9.17, 15) is 4.79 Å². The third kappa shape index (κ3) is 4.43. The Bertz CT molecular complexity index is 1230. The van der Waals surface area contributed by atoms with E-state index >= 15 is 0 Å². The summed E-state index contributed by atoms with van der Waals surface area (Å²) in [7, 11) is 0. The molecule has 0 saturated heterocycles. The van der Waals surface area contributed by atoms with E-state index in [-0.39, 0.29) is 5.56 Å². The van der Waals surface area contributed by atoms with E-state index in [0.717, 1.165) is 46.5 Å². The molecule has 4 rings (SSSR count). The number of ether oxygens (including phenoxy) is 1. The molecular weight excluding hydrogens is 388 g/mol. The van der Waals surface area contributed by atoms with Crippen LogP contribution in [0.25, 0.3) is 33.8 Å². The minimum absolute atomic E-state index is 0.217.